The maximum atomic E-state index is 13.1. The van der Waals surface area contributed by atoms with E-state index in [1.54, 1.807) is 19.2 Å². The molecule has 0 saturated carbocycles. The first kappa shape index (κ1) is 11.1. The molecule has 0 bridgehead atoms. The van der Waals surface area contributed by atoms with Gasteiger partial charge in [0.05, 0.1) is 11.6 Å². The van der Waals surface area contributed by atoms with Crippen LogP contribution in [0.4, 0.5) is 4.39 Å². The van der Waals surface area contributed by atoms with Crippen molar-refractivity contribution in [2.45, 2.75) is 0 Å². The maximum absolute atomic E-state index is 13.1. The predicted octanol–water partition coefficient (Wildman–Crippen LogP) is 4.26. The van der Waals surface area contributed by atoms with Gasteiger partial charge in [-0.3, -0.25) is 0 Å². The Balaban J connectivity index is 2.46. The van der Waals surface area contributed by atoms with Crippen molar-refractivity contribution in [2.24, 2.45) is 0 Å². The second kappa shape index (κ2) is 4.66. The first-order valence-corrected chi connectivity index (χ1v) is 5.59. The summed E-state index contributed by atoms with van der Waals surface area (Å²) in [6.07, 6.45) is 0. The summed E-state index contributed by atoms with van der Waals surface area (Å²) in [6, 6.07) is 12.6. The van der Waals surface area contributed by atoms with E-state index >= 15 is 0 Å². The van der Waals surface area contributed by atoms with Gasteiger partial charge in [0.15, 0.2) is 0 Å². The Morgan fingerprint density at radius 1 is 1.06 bits per heavy atom. The van der Waals surface area contributed by atoms with Crippen molar-refractivity contribution in [1.82, 2.24) is 0 Å². The van der Waals surface area contributed by atoms with Crippen molar-refractivity contribution in [2.75, 3.05) is 7.11 Å². The number of hydrogen-bond acceptors (Lipinski definition) is 1. The van der Waals surface area contributed by atoms with E-state index in [0.29, 0.717) is 4.47 Å². The molecule has 3 heteroatoms. The van der Waals surface area contributed by atoms with Gasteiger partial charge in [-0.15, -0.1) is 0 Å². The van der Waals surface area contributed by atoms with Crippen molar-refractivity contribution in [1.29, 1.82) is 0 Å². The van der Waals surface area contributed by atoms with Crippen LogP contribution in [0.2, 0.25) is 0 Å². The number of methoxy groups -OCH3 is 1. The molecular weight excluding hydrogens is 271 g/mol. The zero-order valence-electron chi connectivity index (χ0n) is 8.71. The molecule has 0 aliphatic heterocycles. The van der Waals surface area contributed by atoms with Gasteiger partial charge in [-0.2, -0.15) is 0 Å². The maximum Gasteiger partial charge on any atom is 0.137 e. The zero-order valence-corrected chi connectivity index (χ0v) is 10.3. The normalized spacial score (nSPS) is 10.2. The Morgan fingerprint density at radius 2 is 1.81 bits per heavy atom. The van der Waals surface area contributed by atoms with Gasteiger partial charge < -0.3 is 4.74 Å². The summed E-state index contributed by atoms with van der Waals surface area (Å²) in [5, 5.41) is 0. The van der Waals surface area contributed by atoms with Crippen molar-refractivity contribution in [3.63, 3.8) is 0 Å². The Bertz CT molecular complexity index is 511. The molecule has 2 rings (SSSR count). The second-order valence-corrected chi connectivity index (χ2v) is 4.22. The Labute approximate surface area is 102 Å². The molecule has 0 saturated heterocycles. The largest absolute Gasteiger partial charge is 0.497 e. The molecular formula is C13H10BrFO. The van der Waals surface area contributed by atoms with E-state index < -0.39 is 0 Å². The Kier molecular flexibility index (Phi) is 3.25. The van der Waals surface area contributed by atoms with Crippen LogP contribution in [-0.4, -0.2) is 7.11 Å². The summed E-state index contributed by atoms with van der Waals surface area (Å²) in [5.41, 5.74) is 1.95. The minimum absolute atomic E-state index is 0.258. The van der Waals surface area contributed by atoms with Crippen LogP contribution in [0.1, 0.15) is 0 Å². The van der Waals surface area contributed by atoms with Gasteiger partial charge in [-0.25, -0.2) is 4.39 Å². The van der Waals surface area contributed by atoms with Gasteiger partial charge in [0.2, 0.25) is 0 Å². The summed E-state index contributed by atoms with van der Waals surface area (Å²) in [4.78, 5) is 0. The molecule has 0 spiro atoms. The van der Waals surface area contributed by atoms with Gasteiger partial charge in [0.25, 0.3) is 0 Å². The van der Waals surface area contributed by atoms with Gasteiger partial charge in [-0.1, -0.05) is 18.2 Å². The molecule has 1 nitrogen and oxygen atoms in total. The fraction of sp³-hybridized carbons (Fsp3) is 0.0769. The van der Waals surface area contributed by atoms with Gasteiger partial charge in [0, 0.05) is 0 Å². The number of benzene rings is 2. The molecule has 0 aromatic heterocycles. The fourth-order valence-electron chi connectivity index (χ4n) is 1.48. The van der Waals surface area contributed by atoms with Crippen molar-refractivity contribution in [3.8, 4) is 16.9 Å². The molecule has 0 aliphatic rings. The average molecular weight is 281 g/mol. The first-order chi connectivity index (χ1) is 7.70. The lowest BCUT2D eigenvalue weighted by Crippen LogP contribution is -1.85. The standard InChI is InChI=1S/C13H10BrFO/c1-16-11-4-2-3-9(7-11)10-5-6-13(15)12(14)8-10/h2-8H,1H3. The highest BCUT2D eigenvalue weighted by atomic mass is 79.9. The van der Waals surface area contributed by atoms with Gasteiger partial charge >= 0.3 is 0 Å². The van der Waals surface area contributed by atoms with Crippen molar-refractivity contribution >= 4 is 15.9 Å². The van der Waals surface area contributed by atoms with E-state index in [4.69, 9.17) is 4.74 Å². The van der Waals surface area contributed by atoms with E-state index in [1.165, 1.54) is 6.07 Å². The lowest BCUT2D eigenvalue weighted by Gasteiger charge is -2.05. The SMILES string of the molecule is COc1cccc(-c2ccc(F)c(Br)c2)c1. The molecule has 0 fully saturated rings. The molecule has 0 heterocycles. The zero-order chi connectivity index (χ0) is 11.5. The number of hydrogen-bond donors (Lipinski definition) is 0. The number of ether oxygens (including phenoxy) is 1. The molecule has 16 heavy (non-hydrogen) atoms. The minimum atomic E-state index is -0.258. The third kappa shape index (κ3) is 2.25. The highest BCUT2D eigenvalue weighted by molar-refractivity contribution is 9.10. The van der Waals surface area contributed by atoms with Gasteiger partial charge in [0.1, 0.15) is 11.6 Å². The minimum Gasteiger partial charge on any atom is -0.497 e. The lowest BCUT2D eigenvalue weighted by molar-refractivity contribution is 0.415. The monoisotopic (exact) mass is 280 g/mol. The number of halogens is 2. The molecule has 0 radical (unpaired) electrons. The molecule has 0 amide bonds. The summed E-state index contributed by atoms with van der Waals surface area (Å²) < 4.78 is 18.7. The highest BCUT2D eigenvalue weighted by Crippen LogP contribution is 2.27. The van der Waals surface area contributed by atoms with E-state index in [9.17, 15) is 4.39 Å². The quantitative estimate of drug-likeness (QED) is 0.799. The van der Waals surface area contributed by atoms with E-state index in [-0.39, 0.29) is 5.82 Å². The van der Waals surface area contributed by atoms with Crippen LogP contribution in [0, 0.1) is 5.82 Å². The van der Waals surface area contributed by atoms with Crippen LogP contribution >= 0.6 is 15.9 Å². The van der Waals surface area contributed by atoms with Crippen molar-refractivity contribution < 1.29 is 9.13 Å². The van der Waals surface area contributed by atoms with E-state index in [0.717, 1.165) is 16.9 Å². The first-order valence-electron chi connectivity index (χ1n) is 4.80. The third-order valence-corrected chi connectivity index (χ3v) is 2.93. The fourth-order valence-corrected chi connectivity index (χ4v) is 1.86. The Morgan fingerprint density at radius 3 is 2.50 bits per heavy atom. The smallest absolute Gasteiger partial charge is 0.137 e. The molecule has 82 valence electrons. The molecule has 0 atom stereocenters. The second-order valence-electron chi connectivity index (χ2n) is 3.36. The van der Waals surface area contributed by atoms with Crippen molar-refractivity contribution in [3.05, 3.63) is 52.8 Å². The summed E-state index contributed by atoms with van der Waals surface area (Å²) in [7, 11) is 1.62. The topological polar surface area (TPSA) is 9.23 Å². The third-order valence-electron chi connectivity index (χ3n) is 2.32. The molecule has 2 aromatic carbocycles. The highest BCUT2D eigenvalue weighted by Gasteiger charge is 2.03. The average Bonchev–Trinajstić information content (AvgIpc) is 2.33. The summed E-state index contributed by atoms with van der Waals surface area (Å²) in [6.45, 7) is 0. The van der Waals surface area contributed by atoms with Crippen LogP contribution in [0.15, 0.2) is 46.9 Å². The van der Waals surface area contributed by atoms with Crippen LogP contribution < -0.4 is 4.74 Å². The molecule has 0 N–H and O–H groups in total. The Hall–Kier alpha value is -1.35. The summed E-state index contributed by atoms with van der Waals surface area (Å²) in [5.74, 6) is 0.532. The van der Waals surface area contributed by atoms with Crippen LogP contribution in [0.3, 0.4) is 0 Å². The molecule has 2 aromatic rings. The van der Waals surface area contributed by atoms with Crippen LogP contribution in [-0.2, 0) is 0 Å². The van der Waals surface area contributed by atoms with Crippen LogP contribution in [0.5, 0.6) is 5.75 Å². The van der Waals surface area contributed by atoms with E-state index in [2.05, 4.69) is 15.9 Å². The van der Waals surface area contributed by atoms with Gasteiger partial charge in [-0.05, 0) is 51.3 Å². The predicted molar refractivity (Wildman–Crippen MR) is 66.1 cm³/mol. The molecule has 0 unspecified atom stereocenters. The van der Waals surface area contributed by atoms with Crippen LogP contribution in [0.25, 0.3) is 11.1 Å². The number of rotatable bonds is 2. The molecule has 0 aliphatic carbocycles. The lowest BCUT2D eigenvalue weighted by atomic mass is 10.1. The van der Waals surface area contributed by atoms with E-state index in [1.807, 2.05) is 24.3 Å². The summed E-state index contributed by atoms with van der Waals surface area (Å²) >= 11 is 3.17.